The van der Waals surface area contributed by atoms with Gasteiger partial charge in [0.25, 0.3) is 5.91 Å². The number of aliphatic hydroxyl groups is 1. The summed E-state index contributed by atoms with van der Waals surface area (Å²) in [6.45, 7) is 9.09. The predicted molar refractivity (Wildman–Crippen MR) is 175 cm³/mol. The Kier molecular flexibility index (Phi) is 9.27. The Labute approximate surface area is 271 Å². The zero-order valence-corrected chi connectivity index (χ0v) is 27.3. The van der Waals surface area contributed by atoms with Crippen LogP contribution < -0.4 is 20.5 Å². The average molecular weight is 633 g/mol. The van der Waals surface area contributed by atoms with E-state index in [2.05, 4.69) is 27.3 Å². The van der Waals surface area contributed by atoms with Gasteiger partial charge in [-0.2, -0.15) is 5.10 Å². The number of nitrogens with one attached hydrogen (secondary N) is 1. The summed E-state index contributed by atoms with van der Waals surface area (Å²) >= 11 is 0. The molecule has 11 nitrogen and oxygen atoms in total. The third-order valence-corrected chi connectivity index (χ3v) is 9.70. The molecule has 2 aromatic heterocycles. The molecule has 3 aromatic rings. The fourth-order valence-corrected chi connectivity index (χ4v) is 7.14. The van der Waals surface area contributed by atoms with Gasteiger partial charge in [-0.05, 0) is 101 Å². The van der Waals surface area contributed by atoms with Crippen molar-refractivity contribution in [3.05, 3.63) is 59.4 Å². The topological polar surface area (TPSA) is 135 Å². The highest BCUT2D eigenvalue weighted by Crippen LogP contribution is 2.57. The van der Waals surface area contributed by atoms with E-state index < -0.39 is 11.5 Å². The zero-order valence-electron chi connectivity index (χ0n) is 27.3. The molecule has 1 aromatic carbocycles. The van der Waals surface area contributed by atoms with Crippen molar-refractivity contribution in [2.45, 2.75) is 76.5 Å². The molecule has 46 heavy (non-hydrogen) atoms. The van der Waals surface area contributed by atoms with E-state index >= 15 is 0 Å². The fraction of sp³-hybridized carbons (Fsp3) is 0.571. The summed E-state index contributed by atoms with van der Waals surface area (Å²) in [4.78, 5) is 29.9. The van der Waals surface area contributed by atoms with Gasteiger partial charge in [0.1, 0.15) is 18.1 Å². The van der Waals surface area contributed by atoms with Crippen molar-refractivity contribution in [1.82, 2.24) is 24.7 Å². The first-order valence-corrected chi connectivity index (χ1v) is 16.5. The number of carbonyl (C=O) groups excluding carboxylic acids is 2. The van der Waals surface area contributed by atoms with Crippen molar-refractivity contribution in [2.24, 2.45) is 11.1 Å². The van der Waals surface area contributed by atoms with Gasteiger partial charge in [0.2, 0.25) is 5.91 Å². The number of nitrogens with two attached hydrogens (primary N) is 1. The number of primary amides is 1. The number of hydrogen-bond donors (Lipinski definition) is 3. The monoisotopic (exact) mass is 632 g/mol. The molecule has 2 amide bonds. The smallest absolute Gasteiger partial charge is 0.252 e. The summed E-state index contributed by atoms with van der Waals surface area (Å²) in [7, 11) is 2.17. The molecule has 1 aliphatic heterocycles. The summed E-state index contributed by atoms with van der Waals surface area (Å²) < 4.78 is 13.7. The minimum Gasteiger partial charge on any atom is -0.490 e. The quantitative estimate of drug-likeness (QED) is 0.262. The van der Waals surface area contributed by atoms with Gasteiger partial charge >= 0.3 is 0 Å². The number of nitrogens with zero attached hydrogens (tertiary/aromatic N) is 4. The van der Waals surface area contributed by atoms with Crippen molar-refractivity contribution in [3.8, 4) is 11.5 Å². The van der Waals surface area contributed by atoms with Crippen molar-refractivity contribution < 1.29 is 24.2 Å². The third-order valence-electron chi connectivity index (χ3n) is 9.70. The summed E-state index contributed by atoms with van der Waals surface area (Å²) in [6, 6.07) is 9.67. The molecule has 0 unspecified atom stereocenters. The minimum absolute atomic E-state index is 0.0141. The maximum atomic E-state index is 12.9. The number of pyridine rings is 1. The number of likely N-dealkylation sites (N-methyl/N-ethyl adjacent to an activating group) is 1. The number of aryl methyl sites for hydroxylation is 1. The van der Waals surface area contributed by atoms with E-state index in [1.54, 1.807) is 36.8 Å². The average Bonchev–Trinajstić information content (AvgIpc) is 3.36. The number of carbonyl (C=O) groups is 2. The molecule has 4 N–H and O–H groups in total. The van der Waals surface area contributed by atoms with Crippen molar-refractivity contribution in [3.63, 3.8) is 0 Å². The van der Waals surface area contributed by atoms with Crippen molar-refractivity contribution in [2.75, 3.05) is 46.4 Å². The van der Waals surface area contributed by atoms with E-state index in [1.165, 1.54) is 5.56 Å². The molecule has 3 fully saturated rings. The molecule has 0 radical (unpaired) electrons. The van der Waals surface area contributed by atoms with Crippen LogP contribution in [-0.2, 0) is 17.6 Å². The molecule has 2 aliphatic carbocycles. The maximum absolute atomic E-state index is 12.9. The Morgan fingerprint density at radius 1 is 1.11 bits per heavy atom. The van der Waals surface area contributed by atoms with E-state index in [0.29, 0.717) is 17.1 Å². The van der Waals surface area contributed by atoms with Crippen LogP contribution in [0.4, 0.5) is 0 Å². The second kappa shape index (κ2) is 13.2. The first-order chi connectivity index (χ1) is 21.9. The van der Waals surface area contributed by atoms with Crippen LogP contribution in [0.3, 0.4) is 0 Å². The van der Waals surface area contributed by atoms with Gasteiger partial charge in [0.15, 0.2) is 0 Å². The van der Waals surface area contributed by atoms with Gasteiger partial charge in [0, 0.05) is 37.8 Å². The number of ether oxygens (including phenoxy) is 2. The molecule has 6 rings (SSSR count). The highest BCUT2D eigenvalue weighted by atomic mass is 16.5. The van der Waals surface area contributed by atoms with Crippen LogP contribution >= 0.6 is 0 Å². The van der Waals surface area contributed by atoms with Crippen LogP contribution in [0.15, 0.2) is 42.7 Å². The minimum atomic E-state index is -0.930. The third kappa shape index (κ3) is 7.82. The molecular formula is C35H48N6O5. The van der Waals surface area contributed by atoms with Crippen molar-refractivity contribution in [1.29, 1.82) is 0 Å². The van der Waals surface area contributed by atoms with Crippen LogP contribution in [0.5, 0.6) is 11.5 Å². The van der Waals surface area contributed by atoms with Gasteiger partial charge in [-0.25, -0.2) is 4.52 Å². The molecule has 248 valence electrons. The molecule has 1 spiro atoms. The number of hydrogen-bond acceptors (Lipinski definition) is 8. The van der Waals surface area contributed by atoms with Crippen molar-refractivity contribution >= 4 is 17.3 Å². The molecule has 0 atom stereocenters. The molecular weight excluding hydrogens is 584 g/mol. The fourth-order valence-electron chi connectivity index (χ4n) is 7.14. The lowest BCUT2D eigenvalue weighted by Gasteiger charge is -2.57. The number of fused-ring (bicyclic) bond motifs is 1. The van der Waals surface area contributed by atoms with Crippen LogP contribution in [0.2, 0.25) is 0 Å². The number of amides is 2. The molecule has 3 aliphatic rings. The Balaban J connectivity index is 0.946. The highest BCUT2D eigenvalue weighted by molar-refractivity contribution is 5.95. The number of benzene rings is 1. The normalized spacial score (nSPS) is 23.6. The number of piperazine rings is 1. The van der Waals surface area contributed by atoms with Gasteiger partial charge in [0.05, 0.1) is 41.6 Å². The number of aromatic nitrogens is 2. The van der Waals surface area contributed by atoms with E-state index in [4.69, 9.17) is 15.2 Å². The van der Waals surface area contributed by atoms with Gasteiger partial charge < -0.3 is 35.4 Å². The maximum Gasteiger partial charge on any atom is 0.252 e. The van der Waals surface area contributed by atoms with Crippen LogP contribution in [-0.4, -0.2) is 100 Å². The Bertz CT molecular complexity index is 1540. The first-order valence-electron chi connectivity index (χ1n) is 16.5. The lowest BCUT2D eigenvalue weighted by molar-refractivity contribution is -0.126. The van der Waals surface area contributed by atoms with Crippen LogP contribution in [0.1, 0.15) is 67.4 Å². The zero-order chi connectivity index (χ0) is 32.5. The Morgan fingerprint density at radius 2 is 1.87 bits per heavy atom. The standard InChI is InChI=1S/C35H48N6O5/c1-34(2,44)23-45-27-7-9-30-25(21-37-41(30)22-27)16-32(42)38-26-17-35(18-26)19-28(20-35)46-31-15-24(6-8-29(31)33(36)43)5-4-10-40-13-11-39(3)12-14-40/h6-9,15,21-22,26,28,44H,4-5,10-14,16-20,23H2,1-3H3,(H2,36,43)(H,38,42). The Hall–Kier alpha value is -3.67. The molecule has 3 heterocycles. The SMILES string of the molecule is CN1CCN(CCCc2ccc(C(N)=O)c(OC3CC4(CC(NC(=O)Cc5cnn6cc(OCC(C)(C)O)ccc56)C4)C3)c2)CC1. The number of rotatable bonds is 13. The van der Waals surface area contributed by atoms with Crippen LogP contribution in [0.25, 0.3) is 5.52 Å². The van der Waals surface area contributed by atoms with E-state index in [-0.39, 0.29) is 36.5 Å². The van der Waals surface area contributed by atoms with Crippen LogP contribution in [0, 0.1) is 5.41 Å². The molecule has 0 bridgehead atoms. The largest absolute Gasteiger partial charge is 0.490 e. The van der Waals surface area contributed by atoms with Gasteiger partial charge in [-0.1, -0.05) is 6.07 Å². The lowest BCUT2D eigenvalue weighted by atomic mass is 9.53. The summed E-state index contributed by atoms with van der Waals surface area (Å²) in [5.41, 5.74) is 8.26. The summed E-state index contributed by atoms with van der Waals surface area (Å²) in [5, 5.41) is 17.5. The second-order valence-corrected chi connectivity index (χ2v) is 14.4. The summed E-state index contributed by atoms with van der Waals surface area (Å²) in [5.74, 6) is 0.717. The molecule has 2 saturated carbocycles. The second-order valence-electron chi connectivity index (χ2n) is 14.4. The van der Waals surface area contributed by atoms with E-state index in [1.807, 2.05) is 24.3 Å². The molecule has 11 heteroatoms. The van der Waals surface area contributed by atoms with Gasteiger partial charge in [-0.3, -0.25) is 9.59 Å². The summed E-state index contributed by atoms with van der Waals surface area (Å²) in [6.07, 6.45) is 9.47. The van der Waals surface area contributed by atoms with Gasteiger partial charge in [-0.15, -0.1) is 0 Å². The lowest BCUT2D eigenvalue weighted by Crippen LogP contribution is -2.59. The molecule has 1 saturated heterocycles. The van der Waals surface area contributed by atoms with E-state index in [9.17, 15) is 14.7 Å². The first kappa shape index (κ1) is 32.3. The predicted octanol–water partition coefficient (Wildman–Crippen LogP) is 2.81. The van der Waals surface area contributed by atoms with E-state index in [0.717, 1.165) is 82.3 Å². The highest BCUT2D eigenvalue weighted by Gasteiger charge is 2.54. The Morgan fingerprint density at radius 3 is 2.59 bits per heavy atom.